The van der Waals surface area contributed by atoms with E-state index in [2.05, 4.69) is 54.0 Å². The minimum atomic E-state index is -0.146. The van der Waals surface area contributed by atoms with Crippen molar-refractivity contribution in [2.75, 3.05) is 27.7 Å². The molecule has 0 aliphatic rings. The first kappa shape index (κ1) is 17.5. The zero-order valence-electron chi connectivity index (χ0n) is 14.7. The van der Waals surface area contributed by atoms with Crippen LogP contribution < -0.4 is 0 Å². The Bertz CT molecular complexity index is 646. The SMILES string of the molecule is COC(=O)C(C)Cc1cn(CCCCN(C)C)c2ccccc12. The number of carbonyl (C=O) groups excluding carboxylic acids is 1. The number of methoxy groups -OCH3 is 1. The Balaban J connectivity index is 2.14. The average Bonchev–Trinajstić information content (AvgIpc) is 2.88. The summed E-state index contributed by atoms with van der Waals surface area (Å²) in [5, 5.41) is 1.25. The number of fused-ring (bicyclic) bond motifs is 1. The highest BCUT2D eigenvalue weighted by Crippen LogP contribution is 2.24. The zero-order valence-corrected chi connectivity index (χ0v) is 14.7. The van der Waals surface area contributed by atoms with E-state index in [9.17, 15) is 4.79 Å². The van der Waals surface area contributed by atoms with Crippen LogP contribution >= 0.6 is 0 Å². The summed E-state index contributed by atoms with van der Waals surface area (Å²) in [5.41, 5.74) is 2.48. The highest BCUT2D eigenvalue weighted by molar-refractivity contribution is 5.84. The van der Waals surface area contributed by atoms with E-state index in [1.165, 1.54) is 30.0 Å². The molecule has 126 valence electrons. The predicted molar refractivity (Wildman–Crippen MR) is 94.6 cm³/mol. The van der Waals surface area contributed by atoms with Crippen LogP contribution in [0.3, 0.4) is 0 Å². The van der Waals surface area contributed by atoms with Crippen molar-refractivity contribution in [2.45, 2.75) is 32.7 Å². The van der Waals surface area contributed by atoms with E-state index in [1.54, 1.807) is 0 Å². The van der Waals surface area contributed by atoms with Crippen LogP contribution in [0.5, 0.6) is 0 Å². The van der Waals surface area contributed by atoms with Crippen LogP contribution in [0.2, 0.25) is 0 Å². The van der Waals surface area contributed by atoms with Crippen LogP contribution in [-0.4, -0.2) is 43.2 Å². The second kappa shape index (κ2) is 8.16. The molecule has 4 heteroatoms. The fourth-order valence-electron chi connectivity index (χ4n) is 3.00. The molecule has 0 saturated heterocycles. The van der Waals surface area contributed by atoms with Crippen molar-refractivity contribution in [3.05, 3.63) is 36.0 Å². The van der Waals surface area contributed by atoms with Gasteiger partial charge in [0.15, 0.2) is 0 Å². The van der Waals surface area contributed by atoms with Gasteiger partial charge in [-0.25, -0.2) is 0 Å². The highest BCUT2D eigenvalue weighted by atomic mass is 16.5. The van der Waals surface area contributed by atoms with Gasteiger partial charge >= 0.3 is 5.97 Å². The molecule has 1 aromatic carbocycles. The normalized spacial score (nSPS) is 12.7. The molecule has 0 aliphatic heterocycles. The van der Waals surface area contributed by atoms with Crippen LogP contribution in [-0.2, 0) is 22.5 Å². The maximum atomic E-state index is 11.7. The van der Waals surface area contributed by atoms with Crippen molar-refractivity contribution in [3.63, 3.8) is 0 Å². The van der Waals surface area contributed by atoms with E-state index in [4.69, 9.17) is 4.74 Å². The Morgan fingerprint density at radius 1 is 1.26 bits per heavy atom. The number of benzene rings is 1. The Kier molecular flexibility index (Phi) is 6.22. The molecule has 0 aliphatic carbocycles. The minimum absolute atomic E-state index is 0.118. The number of rotatable bonds is 8. The molecule has 1 atom stereocenters. The summed E-state index contributed by atoms with van der Waals surface area (Å²) < 4.78 is 7.18. The Morgan fingerprint density at radius 3 is 2.70 bits per heavy atom. The van der Waals surface area contributed by atoms with Gasteiger partial charge in [-0.2, -0.15) is 0 Å². The van der Waals surface area contributed by atoms with Gasteiger partial charge in [-0.15, -0.1) is 0 Å². The summed E-state index contributed by atoms with van der Waals surface area (Å²) in [6, 6.07) is 8.44. The molecule has 0 amide bonds. The maximum Gasteiger partial charge on any atom is 0.308 e. The monoisotopic (exact) mass is 316 g/mol. The van der Waals surface area contributed by atoms with Crippen LogP contribution in [0.1, 0.15) is 25.3 Å². The Hall–Kier alpha value is -1.81. The lowest BCUT2D eigenvalue weighted by Crippen LogP contribution is -2.15. The second-order valence-electron chi connectivity index (χ2n) is 6.50. The summed E-state index contributed by atoms with van der Waals surface area (Å²) in [7, 11) is 5.67. The number of nitrogens with zero attached hydrogens (tertiary/aromatic N) is 2. The van der Waals surface area contributed by atoms with Crippen LogP contribution in [0, 0.1) is 5.92 Å². The highest BCUT2D eigenvalue weighted by Gasteiger charge is 2.17. The predicted octanol–water partition coefficient (Wildman–Crippen LogP) is 3.33. The van der Waals surface area contributed by atoms with Crippen molar-refractivity contribution < 1.29 is 9.53 Å². The van der Waals surface area contributed by atoms with E-state index in [0.29, 0.717) is 0 Å². The molecule has 0 spiro atoms. The number of aromatic nitrogens is 1. The molecular formula is C19H28N2O2. The number of para-hydroxylation sites is 1. The number of hydrogen-bond acceptors (Lipinski definition) is 3. The number of ether oxygens (including phenoxy) is 1. The van der Waals surface area contributed by atoms with Crippen LogP contribution in [0.25, 0.3) is 10.9 Å². The molecule has 1 unspecified atom stereocenters. The lowest BCUT2D eigenvalue weighted by Gasteiger charge is -2.10. The molecule has 0 bridgehead atoms. The molecule has 0 N–H and O–H groups in total. The van der Waals surface area contributed by atoms with Gasteiger partial charge in [0.05, 0.1) is 13.0 Å². The van der Waals surface area contributed by atoms with Crippen molar-refractivity contribution in [2.24, 2.45) is 5.92 Å². The minimum Gasteiger partial charge on any atom is -0.469 e. The molecule has 0 radical (unpaired) electrons. The number of hydrogen-bond donors (Lipinski definition) is 0. The third-order valence-corrected chi connectivity index (χ3v) is 4.26. The van der Waals surface area contributed by atoms with Gasteiger partial charge in [-0.05, 0) is 51.5 Å². The van der Waals surface area contributed by atoms with Gasteiger partial charge in [0.1, 0.15) is 0 Å². The molecule has 2 rings (SSSR count). The largest absolute Gasteiger partial charge is 0.469 e. The van der Waals surface area contributed by atoms with Crippen LogP contribution in [0.4, 0.5) is 0 Å². The molecule has 1 aromatic heterocycles. The Labute approximate surface area is 139 Å². The third-order valence-electron chi connectivity index (χ3n) is 4.26. The molecule has 2 aromatic rings. The maximum absolute atomic E-state index is 11.7. The fraction of sp³-hybridized carbons (Fsp3) is 0.526. The summed E-state index contributed by atoms with van der Waals surface area (Å²) >= 11 is 0. The zero-order chi connectivity index (χ0) is 16.8. The smallest absolute Gasteiger partial charge is 0.308 e. The van der Waals surface area contributed by atoms with E-state index in [0.717, 1.165) is 25.9 Å². The molecule has 0 saturated carbocycles. The quantitative estimate of drug-likeness (QED) is 0.553. The van der Waals surface area contributed by atoms with E-state index in [1.807, 2.05) is 6.92 Å². The van der Waals surface area contributed by atoms with Gasteiger partial charge in [-0.1, -0.05) is 25.1 Å². The third kappa shape index (κ3) is 4.58. The van der Waals surface area contributed by atoms with E-state index < -0.39 is 0 Å². The molecule has 1 heterocycles. The number of unbranched alkanes of at least 4 members (excludes halogenated alkanes) is 1. The molecular weight excluding hydrogens is 288 g/mol. The second-order valence-corrected chi connectivity index (χ2v) is 6.50. The van der Waals surface area contributed by atoms with Crippen molar-refractivity contribution >= 4 is 16.9 Å². The van der Waals surface area contributed by atoms with Crippen molar-refractivity contribution in [3.8, 4) is 0 Å². The van der Waals surface area contributed by atoms with Crippen molar-refractivity contribution in [1.82, 2.24) is 9.47 Å². The Morgan fingerprint density at radius 2 is 2.00 bits per heavy atom. The van der Waals surface area contributed by atoms with E-state index in [-0.39, 0.29) is 11.9 Å². The lowest BCUT2D eigenvalue weighted by atomic mass is 10.0. The van der Waals surface area contributed by atoms with Crippen LogP contribution in [0.15, 0.2) is 30.5 Å². The molecule has 0 fully saturated rings. The first-order chi connectivity index (χ1) is 11.0. The van der Waals surface area contributed by atoms with E-state index >= 15 is 0 Å². The van der Waals surface area contributed by atoms with Gasteiger partial charge < -0.3 is 14.2 Å². The topological polar surface area (TPSA) is 34.5 Å². The number of aryl methyl sites for hydroxylation is 1. The first-order valence-corrected chi connectivity index (χ1v) is 8.32. The molecule has 4 nitrogen and oxygen atoms in total. The summed E-state index contributed by atoms with van der Waals surface area (Å²) in [5.74, 6) is -0.263. The average molecular weight is 316 g/mol. The lowest BCUT2D eigenvalue weighted by molar-refractivity contribution is -0.144. The summed E-state index contributed by atoms with van der Waals surface area (Å²) in [6.45, 7) is 4.06. The summed E-state index contributed by atoms with van der Waals surface area (Å²) in [6.07, 6.45) is 5.27. The van der Waals surface area contributed by atoms with Gasteiger partial charge in [0.25, 0.3) is 0 Å². The molecule has 23 heavy (non-hydrogen) atoms. The van der Waals surface area contributed by atoms with Gasteiger partial charge in [0.2, 0.25) is 0 Å². The van der Waals surface area contributed by atoms with Gasteiger partial charge in [-0.3, -0.25) is 4.79 Å². The number of carbonyl (C=O) groups is 1. The standard InChI is InChI=1S/C19H28N2O2/c1-15(19(22)23-4)13-16-14-21(12-8-7-11-20(2)3)18-10-6-5-9-17(16)18/h5-6,9-10,14-15H,7-8,11-13H2,1-4H3. The van der Waals surface area contributed by atoms with Gasteiger partial charge in [0, 0.05) is 23.6 Å². The first-order valence-electron chi connectivity index (χ1n) is 8.32. The summed E-state index contributed by atoms with van der Waals surface area (Å²) in [4.78, 5) is 13.9. The fourth-order valence-corrected chi connectivity index (χ4v) is 3.00. The number of esters is 1. The van der Waals surface area contributed by atoms with Crippen molar-refractivity contribution in [1.29, 1.82) is 0 Å².